The van der Waals surface area contributed by atoms with Crippen molar-refractivity contribution in [3.8, 4) is 0 Å². The second-order valence-corrected chi connectivity index (χ2v) is 7.80. The van der Waals surface area contributed by atoms with Crippen molar-refractivity contribution in [1.29, 1.82) is 0 Å². The number of hydrogen-bond acceptors (Lipinski definition) is 3. The highest BCUT2D eigenvalue weighted by molar-refractivity contribution is 7.99. The van der Waals surface area contributed by atoms with Gasteiger partial charge >= 0.3 is 0 Å². The lowest BCUT2D eigenvalue weighted by molar-refractivity contribution is 0.191. The monoisotopic (exact) mass is 258 g/mol. The summed E-state index contributed by atoms with van der Waals surface area (Å²) in [6.45, 7) is 10.6. The highest BCUT2D eigenvalue weighted by Crippen LogP contribution is 2.34. The molecule has 1 N–H and O–H groups in total. The van der Waals surface area contributed by atoms with Crippen LogP contribution in [-0.4, -0.2) is 49.1 Å². The van der Waals surface area contributed by atoms with E-state index in [1.807, 2.05) is 0 Å². The van der Waals surface area contributed by atoms with E-state index in [2.05, 4.69) is 63.8 Å². The Morgan fingerprint density at radius 3 is 2.47 bits per heavy atom. The molecule has 0 aromatic carbocycles. The Morgan fingerprint density at radius 1 is 1.35 bits per heavy atom. The van der Waals surface area contributed by atoms with E-state index in [4.69, 9.17) is 0 Å². The molecule has 1 rings (SSSR count). The number of nitrogens with zero attached hydrogens (tertiary/aromatic N) is 1. The summed E-state index contributed by atoms with van der Waals surface area (Å²) in [5.41, 5.74) is 0.449. The van der Waals surface area contributed by atoms with Gasteiger partial charge in [-0.15, -0.1) is 0 Å². The topological polar surface area (TPSA) is 15.3 Å². The first-order valence-electron chi connectivity index (χ1n) is 6.81. The first-order valence-corrected chi connectivity index (χ1v) is 7.97. The lowest BCUT2D eigenvalue weighted by atomic mass is 9.81. The highest BCUT2D eigenvalue weighted by Gasteiger charge is 2.34. The normalized spacial score (nSPS) is 26.5. The third kappa shape index (κ3) is 4.80. The predicted octanol–water partition coefficient (Wildman–Crippen LogP) is 2.69. The van der Waals surface area contributed by atoms with Crippen LogP contribution in [-0.2, 0) is 0 Å². The quantitative estimate of drug-likeness (QED) is 0.816. The average Bonchev–Trinajstić information content (AvgIpc) is 2.18. The van der Waals surface area contributed by atoms with Crippen LogP contribution in [0.4, 0.5) is 0 Å². The largest absolute Gasteiger partial charge is 0.308 e. The fourth-order valence-corrected chi connectivity index (χ4v) is 3.94. The Bertz CT molecular complexity index is 226. The molecule has 0 aromatic rings. The lowest BCUT2D eigenvalue weighted by Crippen LogP contribution is -2.54. The number of hydrogen-bond donors (Lipinski definition) is 1. The molecule has 0 bridgehead atoms. The van der Waals surface area contributed by atoms with Gasteiger partial charge in [0.05, 0.1) is 0 Å². The second-order valence-electron chi connectivity index (χ2n) is 6.65. The summed E-state index contributed by atoms with van der Waals surface area (Å²) in [5.74, 6) is 3.29. The molecule has 0 saturated carbocycles. The summed E-state index contributed by atoms with van der Waals surface area (Å²) >= 11 is 2.10. The third-order valence-corrected chi connectivity index (χ3v) is 4.96. The van der Waals surface area contributed by atoms with E-state index in [9.17, 15) is 0 Å². The molecular weight excluding hydrogens is 228 g/mol. The fourth-order valence-electron chi connectivity index (χ4n) is 2.32. The van der Waals surface area contributed by atoms with E-state index in [1.165, 1.54) is 17.9 Å². The molecular formula is C14H30N2S. The van der Waals surface area contributed by atoms with Crippen LogP contribution in [0.15, 0.2) is 0 Å². The fraction of sp³-hybridized carbons (Fsp3) is 1.00. The van der Waals surface area contributed by atoms with Crippen LogP contribution >= 0.6 is 11.8 Å². The molecule has 102 valence electrons. The van der Waals surface area contributed by atoms with E-state index in [0.717, 1.165) is 6.54 Å². The maximum absolute atomic E-state index is 3.91. The molecule has 0 aliphatic carbocycles. The molecule has 0 amide bonds. The van der Waals surface area contributed by atoms with E-state index >= 15 is 0 Å². The Morgan fingerprint density at radius 2 is 2.00 bits per heavy atom. The van der Waals surface area contributed by atoms with Gasteiger partial charge < -0.3 is 10.2 Å². The summed E-state index contributed by atoms with van der Waals surface area (Å²) in [6.07, 6.45) is 1.34. The average molecular weight is 258 g/mol. The van der Waals surface area contributed by atoms with Gasteiger partial charge in [-0.3, -0.25) is 0 Å². The zero-order valence-electron chi connectivity index (χ0n) is 12.4. The minimum absolute atomic E-state index is 0.449. The van der Waals surface area contributed by atoms with Gasteiger partial charge in [0.25, 0.3) is 0 Å². The first-order chi connectivity index (χ1) is 7.83. The number of rotatable bonds is 5. The summed E-state index contributed by atoms with van der Waals surface area (Å²) in [7, 11) is 4.33. The van der Waals surface area contributed by atoms with Gasteiger partial charge in [-0.25, -0.2) is 0 Å². The standard InChI is InChI=1S/C14H30N2S/c1-11(2)12(9-16(5)6)15-13-10-17-8-7-14(13,3)4/h11-13,15H,7-10H2,1-6H3. The van der Waals surface area contributed by atoms with Crippen LogP contribution in [0.1, 0.15) is 34.1 Å². The second kappa shape index (κ2) is 6.44. The number of likely N-dealkylation sites (N-methyl/N-ethyl adjacent to an activating group) is 1. The van der Waals surface area contributed by atoms with E-state index < -0.39 is 0 Å². The number of nitrogens with one attached hydrogen (secondary N) is 1. The van der Waals surface area contributed by atoms with E-state index in [1.54, 1.807) is 0 Å². The van der Waals surface area contributed by atoms with Crippen LogP contribution in [0.2, 0.25) is 0 Å². The minimum atomic E-state index is 0.449. The van der Waals surface area contributed by atoms with Crippen molar-refractivity contribution < 1.29 is 0 Å². The lowest BCUT2D eigenvalue weighted by Gasteiger charge is -2.42. The third-order valence-electron chi connectivity index (χ3n) is 3.90. The SMILES string of the molecule is CC(C)C(CN(C)C)NC1CSCCC1(C)C. The molecule has 2 atom stereocenters. The smallest absolute Gasteiger partial charge is 0.0220 e. The molecule has 0 aromatic heterocycles. The van der Waals surface area contributed by atoms with Crippen molar-refractivity contribution in [1.82, 2.24) is 10.2 Å². The molecule has 1 aliphatic rings. The van der Waals surface area contributed by atoms with Crippen molar-refractivity contribution in [3.05, 3.63) is 0 Å². The molecule has 3 heteroatoms. The molecule has 0 spiro atoms. The molecule has 1 heterocycles. The van der Waals surface area contributed by atoms with Crippen molar-refractivity contribution in [2.75, 3.05) is 32.1 Å². The van der Waals surface area contributed by atoms with Crippen LogP contribution in [0.25, 0.3) is 0 Å². The molecule has 17 heavy (non-hydrogen) atoms. The van der Waals surface area contributed by atoms with Crippen LogP contribution in [0.3, 0.4) is 0 Å². The minimum Gasteiger partial charge on any atom is -0.308 e. The molecule has 2 nitrogen and oxygen atoms in total. The maximum Gasteiger partial charge on any atom is 0.0220 e. The van der Waals surface area contributed by atoms with E-state index in [0.29, 0.717) is 23.4 Å². The zero-order valence-corrected chi connectivity index (χ0v) is 13.2. The highest BCUT2D eigenvalue weighted by atomic mass is 32.2. The Balaban J connectivity index is 2.58. The molecule has 1 aliphatic heterocycles. The van der Waals surface area contributed by atoms with Crippen molar-refractivity contribution in [2.24, 2.45) is 11.3 Å². The Labute approximate surface area is 112 Å². The van der Waals surface area contributed by atoms with Crippen LogP contribution < -0.4 is 5.32 Å². The van der Waals surface area contributed by atoms with Gasteiger partial charge in [0.1, 0.15) is 0 Å². The molecule has 1 fully saturated rings. The summed E-state index contributed by atoms with van der Waals surface area (Å²) in [6, 6.07) is 1.27. The maximum atomic E-state index is 3.91. The zero-order chi connectivity index (χ0) is 13.1. The van der Waals surface area contributed by atoms with Gasteiger partial charge in [-0.1, -0.05) is 27.7 Å². The van der Waals surface area contributed by atoms with Crippen LogP contribution in [0, 0.1) is 11.3 Å². The molecule has 2 unspecified atom stereocenters. The van der Waals surface area contributed by atoms with Crippen molar-refractivity contribution in [3.63, 3.8) is 0 Å². The predicted molar refractivity (Wildman–Crippen MR) is 79.8 cm³/mol. The van der Waals surface area contributed by atoms with Gasteiger partial charge in [0.15, 0.2) is 0 Å². The Kier molecular flexibility index (Phi) is 5.81. The van der Waals surface area contributed by atoms with Gasteiger partial charge in [-0.2, -0.15) is 11.8 Å². The van der Waals surface area contributed by atoms with Crippen molar-refractivity contribution >= 4 is 11.8 Å². The van der Waals surface area contributed by atoms with Gasteiger partial charge in [-0.05, 0) is 37.6 Å². The molecule has 1 saturated heterocycles. The first kappa shape index (κ1) is 15.3. The van der Waals surface area contributed by atoms with Crippen LogP contribution in [0.5, 0.6) is 0 Å². The summed E-state index contributed by atoms with van der Waals surface area (Å²) in [4.78, 5) is 2.29. The Hall–Kier alpha value is 0.270. The van der Waals surface area contributed by atoms with Gasteiger partial charge in [0.2, 0.25) is 0 Å². The summed E-state index contributed by atoms with van der Waals surface area (Å²) in [5, 5.41) is 3.91. The van der Waals surface area contributed by atoms with Gasteiger partial charge in [0, 0.05) is 24.4 Å². The number of thioether (sulfide) groups is 1. The summed E-state index contributed by atoms with van der Waals surface area (Å²) < 4.78 is 0. The molecule has 0 radical (unpaired) electrons. The van der Waals surface area contributed by atoms with Crippen molar-refractivity contribution in [2.45, 2.75) is 46.2 Å². The van der Waals surface area contributed by atoms with E-state index in [-0.39, 0.29) is 0 Å².